The van der Waals surface area contributed by atoms with Gasteiger partial charge in [-0.05, 0) is 18.1 Å². The third-order valence-electron chi connectivity index (χ3n) is 4.45. The number of oxime groups is 2. The molecule has 0 aliphatic rings. The van der Waals surface area contributed by atoms with E-state index >= 15 is 0 Å². The van der Waals surface area contributed by atoms with Gasteiger partial charge in [-0.15, -0.1) is 0 Å². The first-order valence-corrected chi connectivity index (χ1v) is 10.2. The summed E-state index contributed by atoms with van der Waals surface area (Å²) in [6, 6.07) is 19.1. The van der Waals surface area contributed by atoms with Crippen molar-refractivity contribution < 1.29 is 24.2 Å². The van der Waals surface area contributed by atoms with Gasteiger partial charge in [0.2, 0.25) is 5.88 Å². The first-order valence-electron chi connectivity index (χ1n) is 10.2. The Morgan fingerprint density at radius 2 is 1.70 bits per heavy atom. The number of hydrogen-bond acceptors (Lipinski definition) is 9. The van der Waals surface area contributed by atoms with Crippen LogP contribution in [-0.2, 0) is 32.7 Å². The minimum absolute atomic E-state index is 0.123. The lowest BCUT2D eigenvalue weighted by Gasteiger charge is -2.12. The Bertz CT molecular complexity index is 1070. The molecule has 3 rings (SSSR count). The minimum Gasteiger partial charge on any atom is -0.473 e. The number of benzene rings is 2. The molecule has 3 aromatic rings. The average Bonchev–Trinajstić information content (AvgIpc) is 2.86. The van der Waals surface area contributed by atoms with Crippen LogP contribution in [0.4, 0.5) is 0 Å². The minimum atomic E-state index is 0.123. The highest BCUT2D eigenvalue weighted by Gasteiger charge is 2.12. The lowest BCUT2D eigenvalue weighted by Crippen LogP contribution is -2.14. The van der Waals surface area contributed by atoms with E-state index in [0.29, 0.717) is 29.7 Å². The van der Waals surface area contributed by atoms with Crippen LogP contribution in [0.1, 0.15) is 29.4 Å². The molecule has 0 N–H and O–H groups in total. The maximum Gasteiger partial charge on any atom is 0.217 e. The molecule has 0 saturated heterocycles. The zero-order valence-corrected chi connectivity index (χ0v) is 18.8. The molecule has 9 nitrogen and oxygen atoms in total. The molecule has 9 heteroatoms. The van der Waals surface area contributed by atoms with E-state index in [1.807, 2.05) is 54.6 Å². The molecule has 0 radical (unpaired) electrons. The summed E-state index contributed by atoms with van der Waals surface area (Å²) in [5, 5.41) is 8.15. The SMILES string of the molecule is CON=C(COOC)c1ccccc1COc1ccnc(C(C)=NOCc2ccccc2)n1. The molecule has 1 aromatic heterocycles. The summed E-state index contributed by atoms with van der Waals surface area (Å²) < 4.78 is 5.92. The second-order valence-electron chi connectivity index (χ2n) is 6.75. The van der Waals surface area contributed by atoms with Crippen molar-refractivity contribution in [2.75, 3.05) is 20.8 Å². The Morgan fingerprint density at radius 3 is 2.48 bits per heavy atom. The van der Waals surface area contributed by atoms with E-state index in [9.17, 15) is 0 Å². The summed E-state index contributed by atoms with van der Waals surface area (Å²) in [6.45, 7) is 2.52. The fourth-order valence-corrected chi connectivity index (χ4v) is 2.87. The summed E-state index contributed by atoms with van der Waals surface area (Å²) in [5.74, 6) is 0.828. The fraction of sp³-hybridized carbons (Fsp3) is 0.250. The molecule has 0 aliphatic carbocycles. The van der Waals surface area contributed by atoms with Crippen molar-refractivity contribution in [2.24, 2.45) is 10.3 Å². The molecule has 0 amide bonds. The number of rotatable bonds is 12. The van der Waals surface area contributed by atoms with Crippen molar-refractivity contribution in [1.82, 2.24) is 9.97 Å². The van der Waals surface area contributed by atoms with Gasteiger partial charge in [0, 0.05) is 17.8 Å². The molecule has 33 heavy (non-hydrogen) atoms. The third-order valence-corrected chi connectivity index (χ3v) is 4.45. The number of aromatic nitrogens is 2. The van der Waals surface area contributed by atoms with E-state index in [4.69, 9.17) is 24.2 Å². The highest BCUT2D eigenvalue weighted by molar-refractivity contribution is 6.02. The summed E-state index contributed by atoms with van der Waals surface area (Å²) in [6.07, 6.45) is 1.62. The van der Waals surface area contributed by atoms with Gasteiger partial charge in [0.15, 0.2) is 5.82 Å². The van der Waals surface area contributed by atoms with Gasteiger partial charge < -0.3 is 14.4 Å². The van der Waals surface area contributed by atoms with Crippen molar-refractivity contribution >= 4 is 11.4 Å². The zero-order valence-electron chi connectivity index (χ0n) is 18.8. The predicted octanol–water partition coefficient (Wildman–Crippen LogP) is 3.92. The predicted molar refractivity (Wildman–Crippen MR) is 123 cm³/mol. The summed E-state index contributed by atoms with van der Waals surface area (Å²) in [5.41, 5.74) is 3.84. The standard InChI is InChI=1S/C24H26N4O5/c1-18(27-32-15-19-9-5-4-6-10-19)24-25-14-13-23(26-24)31-16-20-11-7-8-12-21(20)22(28-29-2)17-33-30-3/h4-14H,15-17H2,1-3H3. The van der Waals surface area contributed by atoms with Crippen LogP contribution >= 0.6 is 0 Å². The monoisotopic (exact) mass is 450 g/mol. The van der Waals surface area contributed by atoms with Gasteiger partial charge in [0.05, 0.1) is 7.11 Å². The Labute approximate surface area is 192 Å². The molecule has 2 aromatic carbocycles. The van der Waals surface area contributed by atoms with Crippen LogP contribution in [0, 0.1) is 0 Å². The van der Waals surface area contributed by atoms with Crippen LogP contribution in [0.2, 0.25) is 0 Å². The van der Waals surface area contributed by atoms with Gasteiger partial charge >= 0.3 is 0 Å². The molecule has 1 heterocycles. The van der Waals surface area contributed by atoms with Crippen LogP contribution in [0.25, 0.3) is 0 Å². The van der Waals surface area contributed by atoms with E-state index in [0.717, 1.165) is 16.7 Å². The Balaban J connectivity index is 1.66. The fourth-order valence-electron chi connectivity index (χ4n) is 2.87. The smallest absolute Gasteiger partial charge is 0.217 e. The van der Waals surface area contributed by atoms with Crippen LogP contribution in [0.3, 0.4) is 0 Å². The van der Waals surface area contributed by atoms with Gasteiger partial charge in [-0.2, -0.15) is 4.98 Å². The van der Waals surface area contributed by atoms with Crippen molar-refractivity contribution in [2.45, 2.75) is 20.1 Å². The number of ether oxygens (including phenoxy) is 1. The molecule has 0 fully saturated rings. The average molecular weight is 450 g/mol. The highest BCUT2D eigenvalue weighted by atomic mass is 17.2. The van der Waals surface area contributed by atoms with Crippen molar-refractivity contribution in [3.05, 3.63) is 89.4 Å². The molecular weight excluding hydrogens is 424 g/mol. The van der Waals surface area contributed by atoms with Gasteiger partial charge in [-0.3, -0.25) is 0 Å². The normalized spacial score (nSPS) is 11.8. The largest absolute Gasteiger partial charge is 0.473 e. The second-order valence-corrected chi connectivity index (χ2v) is 6.75. The van der Waals surface area contributed by atoms with Gasteiger partial charge in [-0.25, -0.2) is 14.8 Å². The Kier molecular flexibility index (Phi) is 9.31. The Morgan fingerprint density at radius 1 is 0.909 bits per heavy atom. The summed E-state index contributed by atoms with van der Waals surface area (Å²) in [4.78, 5) is 28.8. The highest BCUT2D eigenvalue weighted by Crippen LogP contribution is 2.15. The molecular formula is C24H26N4O5. The second kappa shape index (κ2) is 12.9. The topological polar surface area (TPSA) is 96.7 Å². The van der Waals surface area contributed by atoms with Crippen LogP contribution in [0.15, 0.2) is 77.2 Å². The molecule has 0 saturated carbocycles. The van der Waals surface area contributed by atoms with Gasteiger partial charge in [-0.1, -0.05) is 64.9 Å². The molecule has 0 atom stereocenters. The zero-order chi connectivity index (χ0) is 23.3. The summed E-state index contributed by atoms with van der Waals surface area (Å²) >= 11 is 0. The molecule has 0 bridgehead atoms. The van der Waals surface area contributed by atoms with Gasteiger partial charge in [0.1, 0.15) is 38.4 Å². The van der Waals surface area contributed by atoms with E-state index < -0.39 is 0 Å². The lowest BCUT2D eigenvalue weighted by atomic mass is 10.0. The summed E-state index contributed by atoms with van der Waals surface area (Å²) in [7, 11) is 2.91. The molecule has 0 aliphatic heterocycles. The maximum absolute atomic E-state index is 5.92. The number of nitrogens with zero attached hydrogens (tertiary/aromatic N) is 4. The quantitative estimate of drug-likeness (QED) is 0.234. The van der Waals surface area contributed by atoms with E-state index in [1.54, 1.807) is 19.2 Å². The van der Waals surface area contributed by atoms with E-state index in [-0.39, 0.29) is 13.2 Å². The van der Waals surface area contributed by atoms with Crippen molar-refractivity contribution in [3.8, 4) is 5.88 Å². The maximum atomic E-state index is 5.92. The van der Waals surface area contributed by atoms with Crippen LogP contribution < -0.4 is 4.74 Å². The Hall–Kier alpha value is -3.82. The van der Waals surface area contributed by atoms with E-state index in [1.165, 1.54) is 14.2 Å². The first-order chi connectivity index (χ1) is 16.2. The van der Waals surface area contributed by atoms with E-state index in [2.05, 4.69) is 20.3 Å². The van der Waals surface area contributed by atoms with Crippen molar-refractivity contribution in [3.63, 3.8) is 0 Å². The van der Waals surface area contributed by atoms with Crippen LogP contribution in [0.5, 0.6) is 5.88 Å². The third kappa shape index (κ3) is 7.37. The van der Waals surface area contributed by atoms with Gasteiger partial charge in [0.25, 0.3) is 0 Å². The molecule has 0 spiro atoms. The number of hydrogen-bond donors (Lipinski definition) is 0. The lowest BCUT2D eigenvalue weighted by molar-refractivity contribution is -0.259. The first kappa shape index (κ1) is 23.8. The molecule has 172 valence electrons. The van der Waals surface area contributed by atoms with Crippen molar-refractivity contribution in [1.29, 1.82) is 0 Å². The van der Waals surface area contributed by atoms with Crippen LogP contribution in [-0.4, -0.2) is 42.2 Å². The molecule has 0 unspecified atom stereocenters.